The zero-order valence-electron chi connectivity index (χ0n) is 14.1. The number of aromatic nitrogens is 2. The highest BCUT2D eigenvalue weighted by molar-refractivity contribution is 5.79. The summed E-state index contributed by atoms with van der Waals surface area (Å²) in [6.45, 7) is -0.240. The van der Waals surface area contributed by atoms with Gasteiger partial charge in [-0.25, -0.2) is 9.37 Å². The van der Waals surface area contributed by atoms with Gasteiger partial charge in [0, 0.05) is 17.7 Å². The third-order valence-electron chi connectivity index (χ3n) is 3.95. The van der Waals surface area contributed by atoms with Crippen LogP contribution in [0, 0.1) is 15.9 Å². The van der Waals surface area contributed by atoms with Crippen LogP contribution >= 0.6 is 0 Å². The number of nitrogens with zero attached hydrogens (tertiary/aromatic N) is 3. The summed E-state index contributed by atoms with van der Waals surface area (Å²) in [4.78, 5) is 26.8. The minimum Gasteiger partial charge on any atom is -0.389 e. The standard InChI is InChI=1S/C18H16FN3O5/c19-16-4-2-1-3-12(16)9-27-10-14(23)8-21-11-20-17-6-5-13(22(25)26)7-15(17)18(21)24/h1-7,11,14,23H,8-10H2/t14-/m1/s1. The zero-order chi connectivity index (χ0) is 19.4. The number of nitro groups is 1. The molecule has 0 saturated heterocycles. The Hall–Kier alpha value is -3.17. The van der Waals surface area contributed by atoms with E-state index in [0.29, 0.717) is 11.1 Å². The maximum atomic E-state index is 13.5. The van der Waals surface area contributed by atoms with Gasteiger partial charge in [-0.05, 0) is 12.1 Å². The van der Waals surface area contributed by atoms with Crippen LogP contribution in [0.25, 0.3) is 10.9 Å². The summed E-state index contributed by atoms with van der Waals surface area (Å²) in [5, 5.41) is 21.0. The van der Waals surface area contributed by atoms with E-state index in [9.17, 15) is 24.4 Å². The molecule has 140 valence electrons. The summed E-state index contributed by atoms with van der Waals surface area (Å²) in [5.41, 5.74) is -0.0292. The van der Waals surface area contributed by atoms with Crippen LogP contribution in [0.3, 0.4) is 0 Å². The molecule has 2 aromatic carbocycles. The Bertz CT molecular complexity index is 1040. The molecule has 1 heterocycles. The number of ether oxygens (including phenoxy) is 1. The van der Waals surface area contributed by atoms with Crippen molar-refractivity contribution in [1.29, 1.82) is 0 Å². The number of halogens is 1. The average molecular weight is 373 g/mol. The Kier molecular flexibility index (Phi) is 5.53. The molecule has 1 N–H and O–H groups in total. The van der Waals surface area contributed by atoms with Gasteiger partial charge in [0.2, 0.25) is 0 Å². The van der Waals surface area contributed by atoms with Gasteiger partial charge >= 0.3 is 0 Å². The Balaban J connectivity index is 1.68. The minimum atomic E-state index is -1.03. The lowest BCUT2D eigenvalue weighted by molar-refractivity contribution is -0.384. The largest absolute Gasteiger partial charge is 0.389 e. The fourth-order valence-electron chi connectivity index (χ4n) is 2.59. The monoisotopic (exact) mass is 373 g/mol. The summed E-state index contributed by atoms with van der Waals surface area (Å²) in [6, 6.07) is 9.95. The number of nitro benzene ring substituents is 1. The zero-order valence-corrected chi connectivity index (χ0v) is 14.1. The first-order valence-electron chi connectivity index (χ1n) is 8.08. The molecule has 3 rings (SSSR count). The Morgan fingerprint density at radius 3 is 2.81 bits per heavy atom. The van der Waals surface area contributed by atoms with Crippen molar-refractivity contribution in [2.24, 2.45) is 0 Å². The van der Waals surface area contributed by atoms with E-state index >= 15 is 0 Å². The molecule has 0 fully saturated rings. The first-order chi connectivity index (χ1) is 13.0. The molecule has 27 heavy (non-hydrogen) atoms. The van der Waals surface area contributed by atoms with E-state index in [0.717, 1.165) is 10.6 Å². The molecule has 3 aromatic rings. The van der Waals surface area contributed by atoms with Crippen molar-refractivity contribution in [3.05, 3.63) is 80.6 Å². The topological polar surface area (TPSA) is 107 Å². The van der Waals surface area contributed by atoms with Crippen LogP contribution in [0.2, 0.25) is 0 Å². The highest BCUT2D eigenvalue weighted by atomic mass is 19.1. The fraction of sp³-hybridized carbons (Fsp3) is 0.222. The van der Waals surface area contributed by atoms with E-state index in [4.69, 9.17) is 4.74 Å². The van der Waals surface area contributed by atoms with Gasteiger partial charge in [0.15, 0.2) is 0 Å². The van der Waals surface area contributed by atoms with Crippen molar-refractivity contribution in [3.63, 3.8) is 0 Å². The van der Waals surface area contributed by atoms with Crippen LogP contribution in [-0.2, 0) is 17.9 Å². The molecule has 0 unspecified atom stereocenters. The third kappa shape index (κ3) is 4.33. The van der Waals surface area contributed by atoms with Gasteiger partial charge < -0.3 is 9.84 Å². The molecular formula is C18H16FN3O5. The molecule has 9 heteroatoms. The number of aliphatic hydroxyl groups is 1. The number of non-ortho nitro benzene ring substituents is 1. The summed E-state index contributed by atoms with van der Waals surface area (Å²) in [7, 11) is 0. The van der Waals surface area contributed by atoms with Crippen molar-refractivity contribution in [1.82, 2.24) is 9.55 Å². The number of hydrogen-bond donors (Lipinski definition) is 1. The smallest absolute Gasteiger partial charge is 0.270 e. The normalized spacial score (nSPS) is 12.2. The fourth-order valence-corrected chi connectivity index (χ4v) is 2.59. The third-order valence-corrected chi connectivity index (χ3v) is 3.95. The summed E-state index contributed by atoms with van der Waals surface area (Å²) < 4.78 is 20.0. The molecule has 0 spiro atoms. The van der Waals surface area contributed by atoms with Gasteiger partial charge in [0.1, 0.15) is 5.82 Å². The molecule has 1 aromatic heterocycles. The van der Waals surface area contributed by atoms with Gasteiger partial charge in [-0.3, -0.25) is 19.5 Å². The average Bonchev–Trinajstić information content (AvgIpc) is 2.65. The van der Waals surface area contributed by atoms with Crippen molar-refractivity contribution in [2.75, 3.05) is 6.61 Å². The molecule has 0 bridgehead atoms. The SMILES string of the molecule is O=c1c2cc([N+](=O)[O-])ccc2ncn1C[C@@H](O)COCc1ccccc1F. The van der Waals surface area contributed by atoms with Crippen LogP contribution < -0.4 is 5.56 Å². The Morgan fingerprint density at radius 1 is 1.30 bits per heavy atom. The van der Waals surface area contributed by atoms with Crippen molar-refractivity contribution < 1.29 is 19.2 Å². The molecule has 0 aliphatic rings. The number of fused-ring (bicyclic) bond motifs is 1. The lowest BCUT2D eigenvalue weighted by Gasteiger charge is -2.13. The second-order valence-electron chi connectivity index (χ2n) is 5.92. The molecule has 0 saturated carbocycles. The van der Waals surface area contributed by atoms with Crippen LogP contribution in [-0.4, -0.2) is 32.3 Å². The minimum absolute atomic E-state index is 0.0131. The number of hydrogen-bond acceptors (Lipinski definition) is 6. The van der Waals surface area contributed by atoms with Crippen molar-refractivity contribution in [3.8, 4) is 0 Å². The maximum Gasteiger partial charge on any atom is 0.270 e. The summed E-state index contributed by atoms with van der Waals surface area (Å²) >= 11 is 0. The van der Waals surface area contributed by atoms with Gasteiger partial charge in [0.05, 0.1) is 48.0 Å². The molecule has 8 nitrogen and oxygen atoms in total. The quantitative estimate of drug-likeness (QED) is 0.501. The van der Waals surface area contributed by atoms with Crippen LogP contribution in [0.5, 0.6) is 0 Å². The maximum absolute atomic E-state index is 13.5. The van der Waals surface area contributed by atoms with Gasteiger partial charge in [0.25, 0.3) is 11.2 Å². The number of benzene rings is 2. The second kappa shape index (κ2) is 8.02. The van der Waals surface area contributed by atoms with Gasteiger partial charge in [-0.2, -0.15) is 0 Å². The number of aliphatic hydroxyl groups excluding tert-OH is 1. The highest BCUT2D eigenvalue weighted by Gasteiger charge is 2.13. The predicted molar refractivity (Wildman–Crippen MR) is 94.7 cm³/mol. The summed E-state index contributed by atoms with van der Waals surface area (Å²) in [6.07, 6.45) is 0.226. The lowest BCUT2D eigenvalue weighted by atomic mass is 10.2. The Labute approximate surface area is 152 Å². The highest BCUT2D eigenvalue weighted by Crippen LogP contribution is 2.16. The van der Waals surface area contributed by atoms with E-state index in [1.54, 1.807) is 18.2 Å². The molecule has 1 atom stereocenters. The van der Waals surface area contributed by atoms with Crippen LogP contribution in [0.1, 0.15) is 5.56 Å². The van der Waals surface area contributed by atoms with E-state index in [2.05, 4.69) is 4.98 Å². The molecule has 0 aliphatic heterocycles. The molecule has 0 radical (unpaired) electrons. The van der Waals surface area contributed by atoms with Crippen molar-refractivity contribution in [2.45, 2.75) is 19.3 Å². The van der Waals surface area contributed by atoms with E-state index in [1.807, 2.05) is 0 Å². The van der Waals surface area contributed by atoms with Crippen LogP contribution in [0.4, 0.5) is 10.1 Å². The first-order valence-corrected chi connectivity index (χ1v) is 8.08. The van der Waals surface area contributed by atoms with Gasteiger partial charge in [-0.1, -0.05) is 18.2 Å². The van der Waals surface area contributed by atoms with Crippen LogP contribution in [0.15, 0.2) is 53.6 Å². The van der Waals surface area contributed by atoms with E-state index < -0.39 is 22.4 Å². The molecule has 0 aliphatic carbocycles. The predicted octanol–water partition coefficient (Wildman–Crippen LogP) is 2.02. The number of rotatable bonds is 7. The lowest BCUT2D eigenvalue weighted by Crippen LogP contribution is -2.29. The molecule has 0 amide bonds. The van der Waals surface area contributed by atoms with Gasteiger partial charge in [-0.15, -0.1) is 0 Å². The van der Waals surface area contributed by atoms with E-state index in [-0.39, 0.29) is 30.8 Å². The van der Waals surface area contributed by atoms with Crippen molar-refractivity contribution >= 4 is 16.6 Å². The summed E-state index contributed by atoms with van der Waals surface area (Å²) in [5.74, 6) is -0.400. The Morgan fingerprint density at radius 2 is 2.07 bits per heavy atom. The van der Waals surface area contributed by atoms with E-state index in [1.165, 1.54) is 24.5 Å². The first kappa shape index (κ1) is 18.6. The molecular weight excluding hydrogens is 357 g/mol. The second-order valence-corrected chi connectivity index (χ2v) is 5.92.